The van der Waals surface area contributed by atoms with Gasteiger partial charge in [-0.2, -0.15) is 4.98 Å². The summed E-state index contributed by atoms with van der Waals surface area (Å²) in [6, 6.07) is 11.5. The maximum Gasteiger partial charge on any atom is 0.408 e. The molecule has 10 nitrogen and oxygen atoms in total. The Morgan fingerprint density at radius 1 is 1.11 bits per heavy atom. The zero-order valence-corrected chi connectivity index (χ0v) is 20.4. The summed E-state index contributed by atoms with van der Waals surface area (Å²) >= 11 is 0. The van der Waals surface area contributed by atoms with Gasteiger partial charge in [0.15, 0.2) is 5.60 Å². The fourth-order valence-electron chi connectivity index (χ4n) is 4.93. The van der Waals surface area contributed by atoms with Gasteiger partial charge >= 0.3 is 6.09 Å². The van der Waals surface area contributed by atoms with Crippen molar-refractivity contribution in [1.29, 1.82) is 0 Å². The summed E-state index contributed by atoms with van der Waals surface area (Å²) in [6.45, 7) is 5.44. The van der Waals surface area contributed by atoms with Crippen LogP contribution in [-0.2, 0) is 16.0 Å². The van der Waals surface area contributed by atoms with Crippen molar-refractivity contribution in [2.24, 2.45) is 0 Å². The first kappa shape index (κ1) is 22.1. The number of anilines is 5. The summed E-state index contributed by atoms with van der Waals surface area (Å²) in [5.74, 6) is 1.61. The molecule has 1 aliphatic carbocycles. The second-order valence-corrected chi connectivity index (χ2v) is 9.82. The van der Waals surface area contributed by atoms with Gasteiger partial charge in [-0.1, -0.05) is 6.07 Å². The number of hydrogen-bond acceptors (Lipinski definition) is 8. The van der Waals surface area contributed by atoms with Crippen molar-refractivity contribution in [2.45, 2.75) is 44.9 Å². The van der Waals surface area contributed by atoms with E-state index in [1.807, 2.05) is 43.3 Å². The second kappa shape index (κ2) is 7.84. The number of ether oxygens (including phenoxy) is 2. The Balaban J connectivity index is 1.23. The molecule has 1 saturated heterocycles. The van der Waals surface area contributed by atoms with Gasteiger partial charge in [-0.3, -0.25) is 4.79 Å². The average molecular weight is 487 g/mol. The molecule has 2 atom stereocenters. The molecule has 0 radical (unpaired) electrons. The molecule has 36 heavy (non-hydrogen) atoms. The van der Waals surface area contributed by atoms with E-state index in [1.165, 1.54) is 0 Å². The molecule has 0 bridgehead atoms. The summed E-state index contributed by atoms with van der Waals surface area (Å²) in [6.07, 6.45) is 1.92. The molecular weight excluding hydrogens is 460 g/mol. The SMILES string of the molecule is Cc1cnc(Nc2ccc3c(c2)[C@H]2NC(=O)O[C@H]2C3)nc1Nc1ccc2c(c1)N(C)C(=O)C(C)(C)O2. The van der Waals surface area contributed by atoms with Gasteiger partial charge in [-0.25, -0.2) is 9.78 Å². The number of aromatic nitrogens is 2. The van der Waals surface area contributed by atoms with Crippen molar-refractivity contribution in [3.8, 4) is 5.75 Å². The molecule has 10 heteroatoms. The fourth-order valence-corrected chi connectivity index (χ4v) is 4.93. The predicted molar refractivity (Wildman–Crippen MR) is 134 cm³/mol. The van der Waals surface area contributed by atoms with Crippen molar-refractivity contribution in [3.63, 3.8) is 0 Å². The van der Waals surface area contributed by atoms with Crippen LogP contribution in [-0.4, -0.2) is 40.7 Å². The van der Waals surface area contributed by atoms with Crippen LogP contribution in [0.4, 0.5) is 33.6 Å². The number of aryl methyl sites for hydroxylation is 1. The number of rotatable bonds is 4. The van der Waals surface area contributed by atoms with E-state index in [4.69, 9.17) is 9.47 Å². The Morgan fingerprint density at radius 3 is 2.72 bits per heavy atom. The first-order valence-electron chi connectivity index (χ1n) is 11.8. The third-order valence-corrected chi connectivity index (χ3v) is 6.80. The van der Waals surface area contributed by atoms with E-state index in [0.29, 0.717) is 29.6 Å². The minimum atomic E-state index is -0.907. The molecule has 2 aromatic carbocycles. The van der Waals surface area contributed by atoms with Crippen molar-refractivity contribution in [3.05, 3.63) is 59.3 Å². The van der Waals surface area contributed by atoms with Gasteiger partial charge in [0.1, 0.15) is 17.7 Å². The summed E-state index contributed by atoms with van der Waals surface area (Å²) < 4.78 is 11.2. The normalized spacial score (nSPS) is 21.1. The molecule has 0 unspecified atom stereocenters. The van der Waals surface area contributed by atoms with E-state index in [9.17, 15) is 9.59 Å². The van der Waals surface area contributed by atoms with Crippen LogP contribution < -0.4 is 25.6 Å². The summed E-state index contributed by atoms with van der Waals surface area (Å²) in [4.78, 5) is 34.9. The molecule has 3 aromatic rings. The lowest BCUT2D eigenvalue weighted by molar-refractivity contribution is -0.132. The lowest BCUT2D eigenvalue weighted by Gasteiger charge is -2.37. The van der Waals surface area contributed by atoms with Crippen molar-refractivity contribution < 1.29 is 19.1 Å². The van der Waals surface area contributed by atoms with Crippen LogP contribution in [0.25, 0.3) is 0 Å². The molecule has 1 aromatic heterocycles. The highest BCUT2D eigenvalue weighted by atomic mass is 16.6. The van der Waals surface area contributed by atoms with Gasteiger partial charge in [0.2, 0.25) is 5.95 Å². The molecule has 3 heterocycles. The monoisotopic (exact) mass is 486 g/mol. The molecule has 0 saturated carbocycles. The largest absolute Gasteiger partial charge is 0.476 e. The number of hydrogen-bond donors (Lipinski definition) is 3. The number of nitrogens with one attached hydrogen (secondary N) is 3. The van der Waals surface area contributed by atoms with E-state index in [0.717, 1.165) is 28.1 Å². The number of carbonyl (C=O) groups is 2. The Bertz CT molecular complexity index is 1420. The number of fused-ring (bicyclic) bond motifs is 4. The molecule has 3 aliphatic rings. The van der Waals surface area contributed by atoms with E-state index >= 15 is 0 Å². The van der Waals surface area contributed by atoms with Crippen molar-refractivity contribution in [2.75, 3.05) is 22.6 Å². The minimum Gasteiger partial charge on any atom is -0.476 e. The highest BCUT2D eigenvalue weighted by Gasteiger charge is 2.42. The third-order valence-electron chi connectivity index (χ3n) is 6.80. The molecule has 6 rings (SSSR count). The van der Waals surface area contributed by atoms with E-state index in [1.54, 1.807) is 32.0 Å². The standard InChI is InChI=1S/C26H26N6O4/c1-13-12-27-24(29-15-6-5-14-9-20-21(17(14)10-15)30-25(34)35-20)31-22(13)28-16-7-8-19-18(11-16)32(4)23(33)26(2,3)36-19/h5-8,10-12,20-21H,9H2,1-4H3,(H,30,34)(H2,27,28,29,31)/t20-,21+/m0/s1. The van der Waals surface area contributed by atoms with Crippen LogP contribution in [0.15, 0.2) is 42.6 Å². The maximum atomic E-state index is 12.6. The Morgan fingerprint density at radius 2 is 1.89 bits per heavy atom. The van der Waals surface area contributed by atoms with Gasteiger partial charge < -0.3 is 30.3 Å². The molecule has 1 fully saturated rings. The Kier molecular flexibility index (Phi) is 4.82. The number of nitrogens with zero attached hydrogens (tertiary/aromatic N) is 3. The van der Waals surface area contributed by atoms with Crippen molar-refractivity contribution >= 4 is 40.8 Å². The lowest BCUT2D eigenvalue weighted by Crippen LogP contribution is -2.50. The zero-order chi connectivity index (χ0) is 25.2. The summed E-state index contributed by atoms with van der Waals surface area (Å²) in [5.41, 5.74) is 4.43. The summed E-state index contributed by atoms with van der Waals surface area (Å²) in [5, 5.41) is 9.47. The Labute approximate surface area is 208 Å². The highest BCUT2D eigenvalue weighted by Crippen LogP contribution is 2.40. The first-order valence-corrected chi connectivity index (χ1v) is 11.8. The van der Waals surface area contributed by atoms with Crippen LogP contribution in [0.5, 0.6) is 5.75 Å². The van der Waals surface area contributed by atoms with Gasteiger partial charge in [-0.05, 0) is 62.2 Å². The predicted octanol–water partition coefficient (Wildman–Crippen LogP) is 4.11. The van der Waals surface area contributed by atoms with Crippen molar-refractivity contribution in [1.82, 2.24) is 15.3 Å². The fraction of sp³-hybridized carbons (Fsp3) is 0.308. The zero-order valence-electron chi connectivity index (χ0n) is 20.4. The maximum absolute atomic E-state index is 12.6. The molecule has 2 amide bonds. The smallest absolute Gasteiger partial charge is 0.408 e. The van der Waals surface area contributed by atoms with Crippen LogP contribution in [0.1, 0.15) is 36.6 Å². The molecule has 2 aliphatic heterocycles. The molecule has 0 spiro atoms. The molecular formula is C26H26N6O4. The highest BCUT2D eigenvalue weighted by molar-refractivity contribution is 6.02. The van der Waals surface area contributed by atoms with E-state index < -0.39 is 5.60 Å². The molecule has 3 N–H and O–H groups in total. The van der Waals surface area contributed by atoms with E-state index in [-0.39, 0.29) is 24.1 Å². The summed E-state index contributed by atoms with van der Waals surface area (Å²) in [7, 11) is 1.75. The van der Waals surface area contributed by atoms with Crippen LogP contribution >= 0.6 is 0 Å². The van der Waals surface area contributed by atoms with Crippen LogP contribution in [0.3, 0.4) is 0 Å². The minimum absolute atomic E-state index is 0.110. The van der Waals surface area contributed by atoms with Gasteiger partial charge in [0.05, 0.1) is 11.7 Å². The van der Waals surface area contributed by atoms with E-state index in [2.05, 4.69) is 25.9 Å². The topological polar surface area (TPSA) is 118 Å². The quantitative estimate of drug-likeness (QED) is 0.504. The number of likely N-dealkylation sites (N-methyl/N-ethyl adjacent to an activating group) is 1. The Hall–Kier alpha value is -4.34. The van der Waals surface area contributed by atoms with Crippen LogP contribution in [0, 0.1) is 6.92 Å². The lowest BCUT2D eigenvalue weighted by atomic mass is 10.0. The number of benzene rings is 2. The number of carbonyl (C=O) groups excluding carboxylic acids is 2. The van der Waals surface area contributed by atoms with Gasteiger partial charge in [0.25, 0.3) is 5.91 Å². The second-order valence-electron chi connectivity index (χ2n) is 9.82. The average Bonchev–Trinajstić information content (AvgIpc) is 3.36. The number of alkyl carbamates (subject to hydrolysis) is 1. The first-order chi connectivity index (χ1) is 17.2. The van der Waals surface area contributed by atoms with Gasteiger partial charge in [-0.15, -0.1) is 0 Å². The van der Waals surface area contributed by atoms with Gasteiger partial charge in [0, 0.05) is 36.6 Å². The van der Waals surface area contributed by atoms with Crippen LogP contribution in [0.2, 0.25) is 0 Å². The number of amides is 2. The molecule has 184 valence electrons. The third kappa shape index (κ3) is 3.65.